The Bertz CT molecular complexity index is 758. The molecule has 0 saturated heterocycles. The maximum Gasteiger partial charge on any atom is 0.337 e. The molecule has 2 N–H and O–H groups in total. The van der Waals surface area contributed by atoms with Crippen molar-refractivity contribution in [3.8, 4) is 5.75 Å². The number of anilines is 1. The van der Waals surface area contributed by atoms with Crippen LogP contribution in [-0.2, 0) is 9.53 Å². The van der Waals surface area contributed by atoms with Gasteiger partial charge in [0.05, 0.1) is 12.7 Å². The smallest absolute Gasteiger partial charge is 0.337 e. The SMILES string of the molecule is COC(=O)c1ccc(NC(=S)NC(=O)COc2ccc(C)cc2)cc1. The van der Waals surface area contributed by atoms with Crippen LogP contribution in [0.25, 0.3) is 0 Å². The summed E-state index contributed by atoms with van der Waals surface area (Å²) in [5.74, 6) is -0.182. The Kier molecular flexibility index (Phi) is 6.47. The summed E-state index contributed by atoms with van der Waals surface area (Å²) in [5, 5.41) is 5.52. The molecular weight excluding hydrogens is 340 g/mol. The fourth-order valence-corrected chi connectivity index (χ4v) is 2.15. The van der Waals surface area contributed by atoms with Crippen LogP contribution in [0.3, 0.4) is 0 Å². The van der Waals surface area contributed by atoms with Gasteiger partial charge in [-0.1, -0.05) is 17.7 Å². The number of benzene rings is 2. The van der Waals surface area contributed by atoms with E-state index in [-0.39, 0.29) is 17.6 Å². The highest BCUT2D eigenvalue weighted by Gasteiger charge is 2.08. The van der Waals surface area contributed by atoms with Crippen molar-refractivity contribution in [1.82, 2.24) is 5.32 Å². The summed E-state index contributed by atoms with van der Waals surface area (Å²) in [7, 11) is 1.32. The van der Waals surface area contributed by atoms with E-state index >= 15 is 0 Å². The molecule has 0 atom stereocenters. The second kappa shape index (κ2) is 8.79. The Hall–Kier alpha value is -2.93. The molecule has 1 amide bonds. The Morgan fingerprint density at radius 2 is 1.68 bits per heavy atom. The van der Waals surface area contributed by atoms with Gasteiger partial charge in [0.25, 0.3) is 5.91 Å². The fourth-order valence-electron chi connectivity index (χ4n) is 1.92. The van der Waals surface area contributed by atoms with Gasteiger partial charge in [-0.15, -0.1) is 0 Å². The van der Waals surface area contributed by atoms with Gasteiger partial charge in [-0.25, -0.2) is 4.79 Å². The van der Waals surface area contributed by atoms with E-state index in [1.165, 1.54) is 7.11 Å². The Morgan fingerprint density at radius 3 is 2.28 bits per heavy atom. The van der Waals surface area contributed by atoms with Crippen LogP contribution < -0.4 is 15.4 Å². The zero-order valence-corrected chi connectivity index (χ0v) is 14.7. The summed E-state index contributed by atoms with van der Waals surface area (Å²) < 4.78 is 10.0. The summed E-state index contributed by atoms with van der Waals surface area (Å²) in [6.07, 6.45) is 0. The standard InChI is InChI=1S/C18H18N2O4S/c1-12-3-9-15(10-4-12)24-11-16(21)20-18(25)19-14-7-5-13(6-8-14)17(22)23-2/h3-10H,11H2,1-2H3,(H2,19,20,21,25). The molecule has 0 aliphatic rings. The molecule has 0 bridgehead atoms. The van der Waals surface area contributed by atoms with Crippen molar-refractivity contribution in [3.05, 3.63) is 59.7 Å². The van der Waals surface area contributed by atoms with E-state index in [4.69, 9.17) is 17.0 Å². The average Bonchev–Trinajstić information content (AvgIpc) is 2.61. The zero-order chi connectivity index (χ0) is 18.2. The third-order valence-electron chi connectivity index (χ3n) is 3.21. The molecule has 7 heteroatoms. The van der Waals surface area contributed by atoms with Gasteiger partial charge in [0, 0.05) is 5.69 Å². The Labute approximate surface area is 151 Å². The highest BCUT2D eigenvalue weighted by Crippen LogP contribution is 2.11. The molecule has 0 radical (unpaired) electrons. The number of hydrogen-bond donors (Lipinski definition) is 2. The molecular formula is C18H18N2O4S. The molecule has 2 aromatic rings. The molecule has 0 unspecified atom stereocenters. The number of rotatable bonds is 5. The van der Waals surface area contributed by atoms with Crippen LogP contribution in [0.1, 0.15) is 15.9 Å². The molecule has 0 aliphatic heterocycles. The molecule has 0 heterocycles. The van der Waals surface area contributed by atoms with Crippen LogP contribution in [0.4, 0.5) is 5.69 Å². The highest BCUT2D eigenvalue weighted by molar-refractivity contribution is 7.80. The van der Waals surface area contributed by atoms with Crippen molar-refractivity contribution in [1.29, 1.82) is 0 Å². The third-order valence-corrected chi connectivity index (χ3v) is 3.41. The number of hydrogen-bond acceptors (Lipinski definition) is 5. The fraction of sp³-hybridized carbons (Fsp3) is 0.167. The maximum absolute atomic E-state index is 11.8. The monoisotopic (exact) mass is 358 g/mol. The van der Waals surface area contributed by atoms with Gasteiger partial charge in [0.2, 0.25) is 0 Å². The van der Waals surface area contributed by atoms with E-state index in [2.05, 4.69) is 15.4 Å². The number of methoxy groups -OCH3 is 1. The van der Waals surface area contributed by atoms with E-state index in [0.29, 0.717) is 17.0 Å². The molecule has 25 heavy (non-hydrogen) atoms. The minimum atomic E-state index is -0.421. The largest absolute Gasteiger partial charge is 0.484 e. The van der Waals surface area contributed by atoms with Crippen LogP contribution in [-0.4, -0.2) is 30.7 Å². The molecule has 2 aromatic carbocycles. The van der Waals surface area contributed by atoms with E-state index in [0.717, 1.165) is 5.56 Å². The molecule has 0 aromatic heterocycles. The van der Waals surface area contributed by atoms with Crippen LogP contribution in [0.5, 0.6) is 5.75 Å². The van der Waals surface area contributed by atoms with Crippen molar-refractivity contribution < 1.29 is 19.1 Å². The van der Waals surface area contributed by atoms with Crippen LogP contribution in [0.2, 0.25) is 0 Å². The van der Waals surface area contributed by atoms with Gasteiger partial charge in [-0.05, 0) is 55.5 Å². The van der Waals surface area contributed by atoms with E-state index in [1.54, 1.807) is 36.4 Å². The normalized spacial score (nSPS) is 9.84. The number of carbonyl (C=O) groups is 2. The van der Waals surface area contributed by atoms with Gasteiger partial charge in [-0.3, -0.25) is 10.1 Å². The van der Waals surface area contributed by atoms with Crippen molar-refractivity contribution >= 4 is 34.9 Å². The number of amides is 1. The van der Waals surface area contributed by atoms with E-state index in [9.17, 15) is 9.59 Å². The second-order valence-electron chi connectivity index (χ2n) is 5.17. The number of ether oxygens (including phenoxy) is 2. The summed E-state index contributed by atoms with van der Waals surface area (Å²) in [5.41, 5.74) is 2.17. The summed E-state index contributed by atoms with van der Waals surface area (Å²) >= 11 is 5.08. The first-order valence-electron chi connectivity index (χ1n) is 7.46. The first-order chi connectivity index (χ1) is 12.0. The lowest BCUT2D eigenvalue weighted by Gasteiger charge is -2.11. The van der Waals surface area contributed by atoms with E-state index < -0.39 is 5.97 Å². The molecule has 0 spiro atoms. The van der Waals surface area contributed by atoms with Gasteiger partial charge < -0.3 is 14.8 Å². The third kappa shape index (κ3) is 5.89. The molecule has 2 rings (SSSR count). The first kappa shape index (κ1) is 18.4. The molecule has 6 nitrogen and oxygen atoms in total. The number of nitrogens with one attached hydrogen (secondary N) is 2. The lowest BCUT2D eigenvalue weighted by Crippen LogP contribution is -2.37. The molecule has 0 aliphatic carbocycles. The summed E-state index contributed by atoms with van der Waals surface area (Å²) in [6.45, 7) is 1.82. The number of carbonyl (C=O) groups excluding carboxylic acids is 2. The van der Waals surface area contributed by atoms with Gasteiger partial charge >= 0.3 is 5.97 Å². The minimum absolute atomic E-state index is 0.142. The topological polar surface area (TPSA) is 76.7 Å². The molecule has 130 valence electrons. The molecule has 0 saturated carbocycles. The summed E-state index contributed by atoms with van der Waals surface area (Å²) in [6, 6.07) is 13.9. The Balaban J connectivity index is 1.80. The van der Waals surface area contributed by atoms with Gasteiger partial charge in [0.15, 0.2) is 11.7 Å². The van der Waals surface area contributed by atoms with Crippen molar-refractivity contribution in [2.75, 3.05) is 19.0 Å². The predicted molar refractivity (Wildman–Crippen MR) is 98.8 cm³/mol. The highest BCUT2D eigenvalue weighted by atomic mass is 32.1. The zero-order valence-electron chi connectivity index (χ0n) is 13.9. The quantitative estimate of drug-likeness (QED) is 0.632. The second-order valence-corrected chi connectivity index (χ2v) is 5.58. The minimum Gasteiger partial charge on any atom is -0.484 e. The first-order valence-corrected chi connectivity index (χ1v) is 7.87. The lowest BCUT2D eigenvalue weighted by atomic mass is 10.2. The number of aryl methyl sites for hydroxylation is 1. The average molecular weight is 358 g/mol. The molecule has 0 fully saturated rings. The maximum atomic E-state index is 11.8. The van der Waals surface area contributed by atoms with Crippen molar-refractivity contribution in [2.45, 2.75) is 6.92 Å². The lowest BCUT2D eigenvalue weighted by molar-refractivity contribution is -0.121. The Morgan fingerprint density at radius 1 is 1.04 bits per heavy atom. The van der Waals surface area contributed by atoms with Crippen molar-refractivity contribution in [3.63, 3.8) is 0 Å². The van der Waals surface area contributed by atoms with Crippen LogP contribution in [0, 0.1) is 6.92 Å². The van der Waals surface area contributed by atoms with E-state index in [1.807, 2.05) is 19.1 Å². The predicted octanol–water partition coefficient (Wildman–Crippen LogP) is 2.67. The van der Waals surface area contributed by atoms with Gasteiger partial charge in [0.1, 0.15) is 5.75 Å². The number of thiocarbonyl (C=S) groups is 1. The van der Waals surface area contributed by atoms with Crippen LogP contribution in [0.15, 0.2) is 48.5 Å². The van der Waals surface area contributed by atoms with Crippen molar-refractivity contribution in [2.24, 2.45) is 0 Å². The van der Waals surface area contributed by atoms with Gasteiger partial charge in [-0.2, -0.15) is 0 Å². The number of esters is 1. The van der Waals surface area contributed by atoms with Crippen LogP contribution >= 0.6 is 12.2 Å². The summed E-state index contributed by atoms with van der Waals surface area (Å²) in [4.78, 5) is 23.2.